The number of para-hydroxylation sites is 1. The lowest BCUT2D eigenvalue weighted by atomic mass is 10.0. The van der Waals surface area contributed by atoms with Gasteiger partial charge in [0.1, 0.15) is 22.8 Å². The highest BCUT2D eigenvalue weighted by Crippen LogP contribution is 2.36. The van der Waals surface area contributed by atoms with Crippen LogP contribution in [0.1, 0.15) is 30.5 Å². The van der Waals surface area contributed by atoms with Crippen molar-refractivity contribution in [2.75, 3.05) is 0 Å². The molecule has 0 saturated heterocycles. The predicted molar refractivity (Wildman–Crippen MR) is 169 cm³/mol. The van der Waals surface area contributed by atoms with Crippen molar-refractivity contribution >= 4 is 35.5 Å². The molecule has 0 radical (unpaired) electrons. The number of phenols is 3. The van der Waals surface area contributed by atoms with E-state index in [1.54, 1.807) is 23.0 Å². The van der Waals surface area contributed by atoms with Crippen LogP contribution < -0.4 is 0 Å². The molecule has 0 amide bonds. The lowest BCUT2D eigenvalue weighted by Gasteiger charge is -2.12. The van der Waals surface area contributed by atoms with Crippen LogP contribution in [0.25, 0.3) is 39.5 Å². The zero-order chi connectivity index (χ0) is 30.4. The van der Waals surface area contributed by atoms with Crippen molar-refractivity contribution in [2.45, 2.75) is 46.7 Å². The largest absolute Gasteiger partial charge is 0.508 e. The van der Waals surface area contributed by atoms with Gasteiger partial charge in [0.2, 0.25) is 4.77 Å². The van der Waals surface area contributed by atoms with Crippen LogP contribution >= 0.6 is 24.4 Å². The summed E-state index contributed by atoms with van der Waals surface area (Å²) in [5.41, 5.74) is 6.06. The first-order valence-corrected chi connectivity index (χ1v) is 14.7. The maximum Gasteiger partial charge on any atom is 0.216 e. The van der Waals surface area contributed by atoms with E-state index in [1.165, 1.54) is 6.07 Å². The lowest BCUT2D eigenvalue weighted by Crippen LogP contribution is -2.08. The fourth-order valence-electron chi connectivity index (χ4n) is 5.33. The second-order valence-electron chi connectivity index (χ2n) is 10.3. The van der Waals surface area contributed by atoms with Crippen LogP contribution in [0.4, 0.5) is 0 Å². The maximum absolute atomic E-state index is 10.7. The summed E-state index contributed by atoms with van der Waals surface area (Å²) < 4.78 is 6.36. The average molecular weight is 615 g/mol. The molecular formula is C30H30N8O3S2. The topological polar surface area (TPSA) is 146 Å². The minimum Gasteiger partial charge on any atom is -0.508 e. The van der Waals surface area contributed by atoms with Crippen LogP contribution in [-0.2, 0) is 25.9 Å². The first kappa shape index (κ1) is 28.4. The predicted octanol–water partition coefficient (Wildman–Crippen LogP) is 6.12. The fraction of sp³-hybridized carbons (Fsp3) is 0.233. The van der Waals surface area contributed by atoms with Crippen LogP contribution in [0.15, 0.2) is 48.8 Å². The Balaban J connectivity index is 1.33. The SMILES string of the molecule is CCc1cc(-c2nc(=S)n(CCn3cnc4c(-n5c(-c6cc(CC)c(O)cc6O)n[nH]c5=S)cccc43)[nH]2)c(C)cc1O. The summed E-state index contributed by atoms with van der Waals surface area (Å²) in [6.07, 6.45) is 3.06. The summed E-state index contributed by atoms with van der Waals surface area (Å²) in [5.74, 6) is 1.26. The number of aromatic amines is 2. The van der Waals surface area contributed by atoms with E-state index in [1.807, 2.05) is 54.3 Å². The monoisotopic (exact) mass is 614 g/mol. The van der Waals surface area contributed by atoms with Gasteiger partial charge in [0.25, 0.3) is 0 Å². The molecule has 0 fully saturated rings. The van der Waals surface area contributed by atoms with Gasteiger partial charge in [-0.3, -0.25) is 19.4 Å². The molecule has 3 aromatic heterocycles. The van der Waals surface area contributed by atoms with E-state index in [4.69, 9.17) is 29.4 Å². The fourth-order valence-corrected chi connectivity index (χ4v) is 5.79. The number of nitrogens with zero attached hydrogens (tertiary/aromatic N) is 6. The van der Waals surface area contributed by atoms with E-state index >= 15 is 0 Å². The number of hydrogen-bond donors (Lipinski definition) is 5. The van der Waals surface area contributed by atoms with Gasteiger partial charge in [0.15, 0.2) is 16.4 Å². The molecule has 43 heavy (non-hydrogen) atoms. The van der Waals surface area contributed by atoms with Crippen molar-refractivity contribution in [3.05, 3.63) is 75.0 Å². The molecule has 0 aliphatic rings. The van der Waals surface area contributed by atoms with E-state index in [9.17, 15) is 15.3 Å². The summed E-state index contributed by atoms with van der Waals surface area (Å²) in [5, 5.41) is 41.7. The minimum atomic E-state index is -0.105. The maximum atomic E-state index is 10.7. The third kappa shape index (κ3) is 5.00. The van der Waals surface area contributed by atoms with Gasteiger partial charge in [-0.2, -0.15) is 10.1 Å². The van der Waals surface area contributed by atoms with Crippen molar-refractivity contribution in [1.82, 2.24) is 39.1 Å². The zero-order valence-electron chi connectivity index (χ0n) is 23.8. The summed E-state index contributed by atoms with van der Waals surface area (Å²) in [7, 11) is 0. The number of aryl methyl sites for hydroxylation is 5. The number of fused-ring (bicyclic) bond motifs is 1. The Morgan fingerprint density at radius 1 is 0.884 bits per heavy atom. The van der Waals surface area contributed by atoms with Crippen molar-refractivity contribution in [2.24, 2.45) is 0 Å². The van der Waals surface area contributed by atoms with Gasteiger partial charge in [0, 0.05) is 18.2 Å². The average Bonchev–Trinajstić information content (AvgIpc) is 3.68. The number of benzene rings is 3. The molecule has 6 rings (SSSR count). The normalized spacial score (nSPS) is 11.5. The number of rotatable bonds is 8. The molecular weight excluding hydrogens is 585 g/mol. The number of nitrogens with one attached hydrogen (secondary N) is 2. The molecule has 220 valence electrons. The molecule has 0 atom stereocenters. The van der Waals surface area contributed by atoms with Crippen molar-refractivity contribution in [1.29, 1.82) is 0 Å². The Hall–Kier alpha value is -4.75. The van der Waals surface area contributed by atoms with E-state index < -0.39 is 0 Å². The Kier molecular flexibility index (Phi) is 7.36. The number of phenolic OH excluding ortho intramolecular Hbond substituents is 3. The van der Waals surface area contributed by atoms with Crippen molar-refractivity contribution < 1.29 is 15.3 Å². The number of aromatic hydroxyl groups is 3. The summed E-state index contributed by atoms with van der Waals surface area (Å²) in [4.78, 5) is 9.30. The molecule has 0 aliphatic heterocycles. The molecule has 0 bridgehead atoms. The van der Waals surface area contributed by atoms with E-state index in [-0.39, 0.29) is 17.2 Å². The highest BCUT2D eigenvalue weighted by Gasteiger charge is 2.20. The molecule has 0 aliphatic carbocycles. The Bertz CT molecular complexity index is 2120. The molecule has 13 heteroatoms. The van der Waals surface area contributed by atoms with Gasteiger partial charge in [-0.05, 0) is 91.2 Å². The second-order valence-corrected chi connectivity index (χ2v) is 11.0. The van der Waals surface area contributed by atoms with Gasteiger partial charge < -0.3 is 19.9 Å². The third-order valence-electron chi connectivity index (χ3n) is 7.67. The molecule has 6 aromatic rings. The van der Waals surface area contributed by atoms with Crippen molar-refractivity contribution in [3.63, 3.8) is 0 Å². The number of imidazole rings is 1. The van der Waals surface area contributed by atoms with Crippen LogP contribution in [0.5, 0.6) is 17.2 Å². The van der Waals surface area contributed by atoms with Crippen LogP contribution in [0.3, 0.4) is 0 Å². The van der Waals surface area contributed by atoms with E-state index in [2.05, 4.69) is 20.3 Å². The van der Waals surface area contributed by atoms with Crippen LogP contribution in [-0.4, -0.2) is 54.4 Å². The molecule has 3 heterocycles. The molecule has 0 unspecified atom stereocenters. The quantitative estimate of drug-likeness (QED) is 0.129. The Labute approximate surface area is 256 Å². The first-order valence-electron chi connectivity index (χ1n) is 13.9. The lowest BCUT2D eigenvalue weighted by molar-refractivity contribution is 0.447. The summed E-state index contributed by atoms with van der Waals surface area (Å²) >= 11 is 11.2. The van der Waals surface area contributed by atoms with E-state index in [0.29, 0.717) is 69.5 Å². The van der Waals surface area contributed by atoms with Gasteiger partial charge in [-0.15, -0.1) is 0 Å². The Morgan fingerprint density at radius 2 is 1.60 bits per heavy atom. The number of H-pyrrole nitrogens is 2. The zero-order valence-corrected chi connectivity index (χ0v) is 25.4. The Morgan fingerprint density at radius 3 is 2.35 bits per heavy atom. The van der Waals surface area contributed by atoms with Gasteiger partial charge >= 0.3 is 0 Å². The smallest absolute Gasteiger partial charge is 0.216 e. The van der Waals surface area contributed by atoms with Gasteiger partial charge in [-0.1, -0.05) is 19.9 Å². The third-order valence-corrected chi connectivity index (χ3v) is 8.25. The highest BCUT2D eigenvalue weighted by molar-refractivity contribution is 7.71. The molecule has 0 spiro atoms. The molecule has 0 saturated carbocycles. The molecule has 3 aromatic carbocycles. The first-order chi connectivity index (χ1) is 20.7. The second kappa shape index (κ2) is 11.2. The number of aromatic nitrogens is 8. The standard InChI is InChI=1S/C30H30N8O3S2/c1-4-17-12-19(16(3)11-23(17)39)27-32-29(42)37(35-27)10-9-36-15-31-26-21(36)7-6-8-22(26)38-28(33-34-30(38)43)20-13-18(5-2)24(40)14-25(20)41/h6-8,11-15,39-41H,4-5,9-10H2,1-3H3,(H,34,43)(H,32,35,42). The summed E-state index contributed by atoms with van der Waals surface area (Å²) in [6, 6.07) is 12.5. The molecule has 11 nitrogen and oxygen atoms in total. The van der Waals surface area contributed by atoms with Gasteiger partial charge in [0.05, 0.1) is 29.6 Å². The highest BCUT2D eigenvalue weighted by atomic mass is 32.1. The van der Waals surface area contributed by atoms with Crippen LogP contribution in [0, 0.1) is 16.5 Å². The minimum absolute atomic E-state index is 0.0266. The van der Waals surface area contributed by atoms with Crippen LogP contribution in [0.2, 0.25) is 0 Å². The van der Waals surface area contributed by atoms with E-state index in [0.717, 1.165) is 22.2 Å². The summed E-state index contributed by atoms with van der Waals surface area (Å²) in [6.45, 7) is 6.94. The van der Waals surface area contributed by atoms with Crippen molar-refractivity contribution in [3.8, 4) is 45.7 Å². The number of hydrogen-bond acceptors (Lipinski definition) is 8. The molecule has 5 N–H and O–H groups in total. The van der Waals surface area contributed by atoms with Gasteiger partial charge in [-0.25, -0.2) is 4.98 Å².